The lowest BCUT2D eigenvalue weighted by Gasteiger charge is -2.10. The maximum atomic E-state index is 11.2. The highest BCUT2D eigenvalue weighted by atomic mass is 32.2. The van der Waals surface area contributed by atoms with E-state index in [4.69, 9.17) is 5.14 Å². The predicted molar refractivity (Wildman–Crippen MR) is 62.8 cm³/mol. The molecule has 0 aliphatic heterocycles. The molecular weight excluding hydrogens is 206 g/mol. The minimum atomic E-state index is -1.34. The van der Waals surface area contributed by atoms with Crippen molar-refractivity contribution in [2.45, 2.75) is 37.5 Å². The van der Waals surface area contributed by atoms with Crippen molar-refractivity contribution in [3.63, 3.8) is 0 Å². The molecule has 2 unspecified atom stereocenters. The zero-order valence-corrected chi connectivity index (χ0v) is 9.85. The van der Waals surface area contributed by atoms with Gasteiger partial charge in [-0.15, -0.1) is 5.14 Å². The van der Waals surface area contributed by atoms with Gasteiger partial charge < -0.3 is 4.55 Å². The fourth-order valence-corrected chi connectivity index (χ4v) is 2.74. The van der Waals surface area contributed by atoms with Gasteiger partial charge in [-0.25, -0.2) is 0 Å². The van der Waals surface area contributed by atoms with Crippen LogP contribution in [0.4, 0.5) is 0 Å². The zero-order chi connectivity index (χ0) is 10.8. The van der Waals surface area contributed by atoms with Crippen LogP contribution in [0.3, 0.4) is 0 Å². The molecular formula is C12H17NOS. The van der Waals surface area contributed by atoms with Gasteiger partial charge in [0.05, 0.1) is 11.4 Å². The number of rotatable bonds is 1. The molecule has 3 heteroatoms. The number of benzene rings is 1. The summed E-state index contributed by atoms with van der Waals surface area (Å²) in [6.45, 7) is 2.28. The Morgan fingerprint density at radius 1 is 1.40 bits per heavy atom. The summed E-state index contributed by atoms with van der Waals surface area (Å²) >= 11 is -1.34. The van der Waals surface area contributed by atoms with Gasteiger partial charge in [0.25, 0.3) is 0 Å². The Balaban J connectivity index is 2.33. The molecule has 1 aliphatic rings. The van der Waals surface area contributed by atoms with Crippen molar-refractivity contribution >= 4 is 11.4 Å². The summed E-state index contributed by atoms with van der Waals surface area (Å²) in [7, 11) is 0. The maximum absolute atomic E-state index is 11.2. The van der Waals surface area contributed by atoms with Crippen molar-refractivity contribution in [2.24, 2.45) is 11.1 Å². The van der Waals surface area contributed by atoms with Gasteiger partial charge in [-0.2, -0.15) is 0 Å². The molecule has 82 valence electrons. The first kappa shape index (κ1) is 11.0. The minimum Gasteiger partial charge on any atom is -0.593 e. The van der Waals surface area contributed by atoms with Crippen LogP contribution in [0.1, 0.15) is 30.9 Å². The Morgan fingerprint density at radius 2 is 2.20 bits per heavy atom. The average molecular weight is 223 g/mol. The first-order valence-electron chi connectivity index (χ1n) is 5.45. The number of aryl methyl sites for hydroxylation is 1. The van der Waals surface area contributed by atoms with E-state index in [-0.39, 0.29) is 0 Å². The van der Waals surface area contributed by atoms with Crippen LogP contribution in [-0.4, -0.2) is 4.55 Å². The highest BCUT2D eigenvalue weighted by Gasteiger charge is 2.16. The average Bonchev–Trinajstić information content (AvgIpc) is 2.37. The van der Waals surface area contributed by atoms with Crippen LogP contribution < -0.4 is 5.14 Å². The molecule has 0 saturated carbocycles. The Labute approximate surface area is 94.2 Å². The van der Waals surface area contributed by atoms with Gasteiger partial charge in [0.2, 0.25) is 0 Å². The largest absolute Gasteiger partial charge is 0.593 e. The molecule has 2 N–H and O–H groups in total. The Kier molecular flexibility index (Phi) is 3.34. The predicted octanol–water partition coefficient (Wildman–Crippen LogP) is 2.18. The van der Waals surface area contributed by atoms with Crippen molar-refractivity contribution in [3.8, 4) is 0 Å². The molecule has 0 bridgehead atoms. The fourth-order valence-electron chi connectivity index (χ4n) is 2.28. The molecule has 1 aliphatic carbocycles. The highest BCUT2D eigenvalue weighted by molar-refractivity contribution is 7.89. The molecule has 1 aromatic carbocycles. The number of nitrogens with two attached hydrogens (primary N) is 1. The zero-order valence-electron chi connectivity index (χ0n) is 9.03. The van der Waals surface area contributed by atoms with Crippen LogP contribution in [0.5, 0.6) is 0 Å². The van der Waals surface area contributed by atoms with Crippen molar-refractivity contribution in [1.82, 2.24) is 0 Å². The molecule has 2 atom stereocenters. The summed E-state index contributed by atoms with van der Waals surface area (Å²) in [6.07, 6.45) is 4.80. The van der Waals surface area contributed by atoms with E-state index in [1.807, 2.05) is 12.1 Å². The van der Waals surface area contributed by atoms with E-state index in [0.717, 1.165) is 23.7 Å². The van der Waals surface area contributed by atoms with Gasteiger partial charge in [-0.05, 0) is 48.4 Å². The molecule has 0 amide bonds. The SMILES string of the molecule is CC1CCCc2ccc([S+](N)[O-])cc2C1. The highest BCUT2D eigenvalue weighted by Crippen LogP contribution is 2.26. The first-order chi connectivity index (χ1) is 7.16. The third kappa shape index (κ3) is 2.54. The molecule has 0 spiro atoms. The standard InChI is InChI=1S/C12H17NOS/c1-9-3-2-4-10-5-6-12(15(13)14)8-11(10)7-9/h5-6,8-9H,2-4,7,13H2,1H3. The minimum absolute atomic E-state index is 0.729. The maximum Gasteiger partial charge on any atom is 0.173 e. The van der Waals surface area contributed by atoms with Crippen LogP contribution in [0, 0.1) is 5.92 Å². The van der Waals surface area contributed by atoms with E-state index in [1.54, 1.807) is 0 Å². The topological polar surface area (TPSA) is 49.1 Å². The fraction of sp³-hybridized carbons (Fsp3) is 0.500. The smallest absolute Gasteiger partial charge is 0.173 e. The van der Waals surface area contributed by atoms with Crippen molar-refractivity contribution < 1.29 is 4.55 Å². The Morgan fingerprint density at radius 3 is 2.93 bits per heavy atom. The second-order valence-corrected chi connectivity index (χ2v) is 5.50. The molecule has 2 nitrogen and oxygen atoms in total. The third-order valence-corrected chi connectivity index (χ3v) is 3.84. The van der Waals surface area contributed by atoms with Gasteiger partial charge in [0.1, 0.15) is 0 Å². The summed E-state index contributed by atoms with van der Waals surface area (Å²) in [5, 5.41) is 5.39. The van der Waals surface area contributed by atoms with Crippen molar-refractivity contribution in [3.05, 3.63) is 29.3 Å². The Bertz CT molecular complexity index is 351. The molecule has 0 radical (unpaired) electrons. The van der Waals surface area contributed by atoms with Gasteiger partial charge in [0.15, 0.2) is 4.90 Å². The molecule has 0 aromatic heterocycles. The monoisotopic (exact) mass is 223 g/mol. The van der Waals surface area contributed by atoms with Crippen LogP contribution in [0.2, 0.25) is 0 Å². The number of fused-ring (bicyclic) bond motifs is 1. The van der Waals surface area contributed by atoms with E-state index in [1.165, 1.54) is 24.0 Å². The quantitative estimate of drug-likeness (QED) is 0.586. The second kappa shape index (κ2) is 4.56. The molecule has 1 aromatic rings. The van der Waals surface area contributed by atoms with E-state index >= 15 is 0 Å². The van der Waals surface area contributed by atoms with Crippen LogP contribution in [0.15, 0.2) is 23.1 Å². The van der Waals surface area contributed by atoms with E-state index in [9.17, 15) is 4.55 Å². The van der Waals surface area contributed by atoms with E-state index in [0.29, 0.717) is 0 Å². The number of hydrogen-bond donors (Lipinski definition) is 1. The van der Waals surface area contributed by atoms with Gasteiger partial charge in [-0.3, -0.25) is 0 Å². The van der Waals surface area contributed by atoms with Crippen LogP contribution in [-0.2, 0) is 24.2 Å². The second-order valence-electron chi connectivity index (χ2n) is 4.43. The van der Waals surface area contributed by atoms with Crippen molar-refractivity contribution in [2.75, 3.05) is 0 Å². The molecule has 15 heavy (non-hydrogen) atoms. The van der Waals surface area contributed by atoms with E-state index < -0.39 is 11.4 Å². The molecule has 0 heterocycles. The van der Waals surface area contributed by atoms with Gasteiger partial charge in [0, 0.05) is 0 Å². The normalized spacial score (nSPS) is 23.0. The Hall–Kier alpha value is -0.510. The molecule has 0 fully saturated rings. The van der Waals surface area contributed by atoms with E-state index in [2.05, 4.69) is 13.0 Å². The lowest BCUT2D eigenvalue weighted by Crippen LogP contribution is -2.13. The summed E-state index contributed by atoms with van der Waals surface area (Å²) in [5.41, 5.74) is 2.75. The van der Waals surface area contributed by atoms with Gasteiger partial charge in [-0.1, -0.05) is 19.4 Å². The number of hydrogen-bond acceptors (Lipinski definition) is 2. The summed E-state index contributed by atoms with van der Waals surface area (Å²) in [5.74, 6) is 0.729. The summed E-state index contributed by atoms with van der Waals surface area (Å²) in [6, 6.07) is 6.01. The van der Waals surface area contributed by atoms with Gasteiger partial charge >= 0.3 is 0 Å². The third-order valence-electron chi connectivity index (χ3n) is 3.12. The van der Waals surface area contributed by atoms with Crippen LogP contribution in [0.25, 0.3) is 0 Å². The molecule has 2 rings (SSSR count). The summed E-state index contributed by atoms with van der Waals surface area (Å²) in [4.78, 5) is 0.753. The van der Waals surface area contributed by atoms with Crippen molar-refractivity contribution in [1.29, 1.82) is 0 Å². The summed E-state index contributed by atoms with van der Waals surface area (Å²) < 4.78 is 11.2. The first-order valence-corrected chi connectivity index (χ1v) is 6.66. The molecule has 0 saturated heterocycles. The lowest BCUT2D eigenvalue weighted by atomic mass is 9.99. The van der Waals surface area contributed by atoms with Crippen LogP contribution >= 0.6 is 0 Å². The lowest BCUT2D eigenvalue weighted by molar-refractivity contribution is 0.526.